The van der Waals surface area contributed by atoms with Gasteiger partial charge in [0.05, 0.1) is 65.1 Å². The van der Waals surface area contributed by atoms with Crippen LogP contribution in [0.5, 0.6) is 0 Å². The quantitative estimate of drug-likeness (QED) is 0.148. The van der Waals surface area contributed by atoms with Crippen LogP contribution < -0.4 is 0 Å². The molecule has 112 heavy (non-hydrogen) atoms. The molecule has 0 saturated heterocycles. The Morgan fingerprint density at radius 1 is 0.375 bits per heavy atom. The highest BCUT2D eigenvalue weighted by Gasteiger charge is 2.21. The number of aromatic nitrogens is 26. The van der Waals surface area contributed by atoms with Gasteiger partial charge in [0.1, 0.15) is 43.2 Å². The molecule has 0 aromatic carbocycles. The smallest absolute Gasteiger partial charge is 0.155 e. The average Bonchev–Trinajstić information content (AvgIpc) is 1.80. The molecule has 636 valence electrons. The van der Waals surface area contributed by atoms with E-state index in [4.69, 9.17) is 4.42 Å². The molecule has 0 saturated carbocycles. The molecule has 11 aromatic rings. The summed E-state index contributed by atoms with van der Waals surface area (Å²) in [6.45, 7) is 91.6. The summed E-state index contributed by atoms with van der Waals surface area (Å²) < 4.78 is 18.4. The molecule has 0 fully saturated rings. The molecule has 0 unspecified atom stereocenters. The van der Waals surface area contributed by atoms with E-state index in [2.05, 4.69) is 316 Å². The normalized spacial score (nSPS) is 11.1. The summed E-state index contributed by atoms with van der Waals surface area (Å²) in [5.74, 6) is 2.80. The minimum absolute atomic E-state index is 0.00347. The number of aromatic amines is 1. The first-order valence-corrected chi connectivity index (χ1v) is 39.4. The van der Waals surface area contributed by atoms with Crippen molar-refractivity contribution in [1.82, 2.24) is 129 Å². The number of hydrogen-bond acceptors (Lipinski definition) is 18. The van der Waals surface area contributed by atoms with E-state index in [1.807, 2.05) is 195 Å². The fraction of sp³-hybridized carbons (Fsp3) is 0.659. The molecular formula is C85H160N26O. The van der Waals surface area contributed by atoms with Gasteiger partial charge in [-0.05, 0) is 204 Å². The predicted octanol–water partition coefficient (Wildman–Crippen LogP) is 21.1. The molecule has 0 aliphatic heterocycles. The highest BCUT2D eigenvalue weighted by atomic mass is 16.3. The number of imidazole rings is 1. The van der Waals surface area contributed by atoms with Gasteiger partial charge in [0.15, 0.2) is 5.82 Å². The van der Waals surface area contributed by atoms with E-state index in [1.165, 1.54) is 5.56 Å². The Hall–Kier alpha value is -9.17. The molecule has 11 aromatic heterocycles. The van der Waals surface area contributed by atoms with Crippen molar-refractivity contribution in [2.75, 3.05) is 0 Å². The first-order chi connectivity index (χ1) is 51.4. The summed E-state index contributed by atoms with van der Waals surface area (Å²) >= 11 is 0. The molecule has 11 heterocycles. The Balaban J connectivity index is -0.000000370. The van der Waals surface area contributed by atoms with Crippen LogP contribution >= 0.6 is 0 Å². The fourth-order valence-electron chi connectivity index (χ4n) is 7.02. The molecule has 0 aliphatic carbocycles. The summed E-state index contributed by atoms with van der Waals surface area (Å²) in [5.41, 5.74) is 3.64. The van der Waals surface area contributed by atoms with E-state index in [9.17, 15) is 0 Å². The second-order valence-electron chi connectivity index (χ2n) is 35.1. The monoisotopic (exact) mass is 1560 g/mol. The van der Waals surface area contributed by atoms with Gasteiger partial charge in [-0.2, -0.15) is 35.4 Å². The largest absolute Gasteiger partial charge is 0.469 e. The van der Waals surface area contributed by atoms with Gasteiger partial charge in [0, 0.05) is 83.4 Å². The van der Waals surface area contributed by atoms with Gasteiger partial charge in [0.2, 0.25) is 0 Å². The molecule has 27 nitrogen and oxygen atoms in total. The Labute approximate surface area is 679 Å². The van der Waals surface area contributed by atoms with Crippen molar-refractivity contribution in [3.05, 3.63) is 177 Å². The number of H-pyrrole nitrogens is 1. The molecule has 0 bridgehead atoms. The van der Waals surface area contributed by atoms with Crippen LogP contribution in [-0.4, -0.2) is 129 Å². The van der Waals surface area contributed by atoms with E-state index in [0.717, 1.165) is 23.1 Å². The molecular weight excluding hydrogens is 1400 g/mol. The minimum atomic E-state index is 0.00347. The average molecular weight is 1560 g/mol. The second-order valence-corrected chi connectivity index (χ2v) is 35.1. The van der Waals surface area contributed by atoms with Gasteiger partial charge in [-0.15, -0.1) is 20.4 Å². The third kappa shape index (κ3) is 52.1. The summed E-state index contributed by atoms with van der Waals surface area (Å²) in [5, 5.41) is 52.8. The van der Waals surface area contributed by atoms with Crippen molar-refractivity contribution in [2.45, 2.75) is 365 Å². The summed E-state index contributed by atoms with van der Waals surface area (Å²) in [6.07, 6.45) is 32.1. The van der Waals surface area contributed by atoms with E-state index in [-0.39, 0.29) is 60.4 Å². The number of hydrogen-bond donors (Lipinski definition) is 1. The van der Waals surface area contributed by atoms with Crippen LogP contribution in [0.25, 0.3) is 0 Å². The maximum atomic E-state index is 5.20. The zero-order valence-electron chi connectivity index (χ0n) is 78.9. The Morgan fingerprint density at radius 2 is 0.902 bits per heavy atom. The van der Waals surface area contributed by atoms with Crippen molar-refractivity contribution < 1.29 is 4.42 Å². The number of aryl methyl sites for hydroxylation is 2. The van der Waals surface area contributed by atoms with Gasteiger partial charge < -0.3 is 13.6 Å². The molecule has 0 spiro atoms. The Kier molecular flexibility index (Phi) is 53.4. The lowest BCUT2D eigenvalue weighted by molar-refractivity contribution is 0.312. The van der Waals surface area contributed by atoms with Crippen LogP contribution in [0.4, 0.5) is 0 Å². The third-order valence-corrected chi connectivity index (χ3v) is 13.5. The van der Waals surface area contributed by atoms with Crippen LogP contribution in [0, 0.1) is 6.92 Å². The van der Waals surface area contributed by atoms with Crippen molar-refractivity contribution >= 4 is 0 Å². The first kappa shape index (κ1) is 111. The first-order valence-electron chi connectivity index (χ1n) is 39.4. The van der Waals surface area contributed by atoms with Crippen LogP contribution in [0.15, 0.2) is 153 Å². The van der Waals surface area contributed by atoms with Crippen LogP contribution in [0.2, 0.25) is 0 Å². The zero-order valence-corrected chi connectivity index (χ0v) is 78.9. The maximum absolute atomic E-state index is 5.20. The van der Waals surface area contributed by atoms with Gasteiger partial charge in [0.25, 0.3) is 0 Å². The highest BCUT2D eigenvalue weighted by molar-refractivity contribution is 5.15. The lowest BCUT2D eigenvalue weighted by Crippen LogP contribution is -2.24. The standard InChI is InChI=1S/C9H13N.C8H14N2.C8H12O.C7H13N3.2C7H12N2.4C6H11N3.C5H10N4.5C2H6/c1-9(2,3)8-6-4-5-7-10-8;1-8(2,3)7-5-9-10(4)6-7;1-8(2,3)7-5-4-6-9-7;1-5-8-6(10-9-5)7(2,3)4;1-7(2,3)9-5-4-8-6-9;1-7(2,3)9-6-4-5-8-9;1-6(2,3)9-4-7-8-5-9;1-6(2,3)9-5-7-4-8-9;1-6(2,3)9-5-4-7-8-9;1-6(2,3)9-7-4-5-8-9;1-5(2,3)9-4-6-7-8-9;5*1-2/h4-7H,1-3H3;5-6H,1-4H3;4-6H,1-3H3;1-4H3,(H,8,9,10);2*4-6H,1-3H3;4*4-5H,1-3H3;4H,1-3H3;5*1-2H3. The fourth-order valence-corrected chi connectivity index (χ4v) is 7.02. The van der Waals surface area contributed by atoms with Crippen molar-refractivity contribution in [3.63, 3.8) is 0 Å². The third-order valence-electron chi connectivity index (χ3n) is 13.5. The van der Waals surface area contributed by atoms with E-state index in [1.54, 1.807) is 78.4 Å². The van der Waals surface area contributed by atoms with E-state index in [0.29, 0.717) is 0 Å². The number of furan rings is 1. The second kappa shape index (κ2) is 53.7. The summed E-state index contributed by atoms with van der Waals surface area (Å²) in [4.78, 5) is 17.9. The van der Waals surface area contributed by atoms with E-state index >= 15 is 0 Å². The molecule has 1 N–H and O–H groups in total. The van der Waals surface area contributed by atoms with Crippen molar-refractivity contribution in [3.8, 4) is 0 Å². The van der Waals surface area contributed by atoms with Gasteiger partial charge >= 0.3 is 0 Å². The van der Waals surface area contributed by atoms with Crippen molar-refractivity contribution in [1.29, 1.82) is 0 Å². The topological polar surface area (TPSA) is 287 Å². The van der Waals surface area contributed by atoms with Crippen LogP contribution in [-0.2, 0) is 67.5 Å². The maximum Gasteiger partial charge on any atom is 0.155 e. The van der Waals surface area contributed by atoms with Crippen LogP contribution in [0.3, 0.4) is 0 Å². The SMILES string of the molecule is CC.CC.CC.CC.CC.CC(C)(C)c1ccccn1.CC(C)(C)c1ccco1.CC(C)(C)n1cccn1.CC(C)(C)n1ccnc1.CC(C)(C)n1ccnn1.CC(C)(C)n1cncn1.CC(C)(C)n1cnnc1.CC(C)(C)n1cnnn1.CC(C)(C)n1nccn1.Cc1nc(C(C)(C)C)n[nH]1.Cn1cc(C(C)(C)C)cn1. The number of rotatable bonds is 0. The molecule has 27 heteroatoms. The molecule has 0 atom stereocenters. The Morgan fingerprint density at radius 3 is 1.11 bits per heavy atom. The zero-order chi connectivity index (χ0) is 88.4. The number of nitrogens with zero attached hydrogens (tertiary/aromatic N) is 25. The number of nitrogens with one attached hydrogen (secondary N) is 1. The van der Waals surface area contributed by atoms with Crippen LogP contribution in [0.1, 0.15) is 326 Å². The van der Waals surface area contributed by atoms with Gasteiger partial charge in [-0.1, -0.05) is 164 Å². The van der Waals surface area contributed by atoms with Gasteiger partial charge in [-0.3, -0.25) is 19.4 Å². The summed E-state index contributed by atoms with van der Waals surface area (Å²) in [7, 11) is 1.94. The Bertz CT molecular complexity index is 3170. The summed E-state index contributed by atoms with van der Waals surface area (Å²) in [6, 6.07) is 11.9. The predicted molar refractivity (Wildman–Crippen MR) is 466 cm³/mol. The highest BCUT2D eigenvalue weighted by Crippen LogP contribution is 2.23. The molecule has 0 amide bonds. The number of tetrazole rings is 1. The molecule has 11 rings (SSSR count). The van der Waals surface area contributed by atoms with Gasteiger partial charge in [-0.25, -0.2) is 29.0 Å². The lowest BCUT2D eigenvalue weighted by Gasteiger charge is -2.19. The lowest BCUT2D eigenvalue weighted by atomic mass is 9.90. The molecule has 0 radical (unpaired) electrons. The number of pyridine rings is 1. The minimum Gasteiger partial charge on any atom is -0.469 e. The van der Waals surface area contributed by atoms with E-state index < -0.39 is 0 Å². The molecule has 0 aliphatic rings. The van der Waals surface area contributed by atoms with Crippen molar-refractivity contribution in [2.24, 2.45) is 7.05 Å².